The maximum atomic E-state index is 12.4. The molecule has 4 N–H and O–H groups in total. The number of rotatable bonds is 2. The second kappa shape index (κ2) is 5.37. The molecule has 0 amide bonds. The Morgan fingerprint density at radius 3 is 2.62 bits per heavy atom. The number of aliphatic hydroxyl groups excluding tert-OH is 1. The predicted molar refractivity (Wildman–Crippen MR) is 97.1 cm³/mol. The van der Waals surface area contributed by atoms with Crippen LogP contribution in [0.15, 0.2) is 23.8 Å². The summed E-state index contributed by atoms with van der Waals surface area (Å²) in [5.74, 6) is -0.218. The number of hydrogen-bond donors (Lipinski definition) is 3. The van der Waals surface area contributed by atoms with Crippen LogP contribution >= 0.6 is 0 Å². The van der Waals surface area contributed by atoms with Gasteiger partial charge in [0.1, 0.15) is 12.2 Å². The van der Waals surface area contributed by atoms with Crippen molar-refractivity contribution in [2.24, 2.45) is 28.4 Å². The van der Waals surface area contributed by atoms with Crippen molar-refractivity contribution in [3.05, 3.63) is 23.8 Å². The first-order valence-electron chi connectivity index (χ1n) is 9.71. The smallest absolute Gasteiger partial charge is 0.190 e. The summed E-state index contributed by atoms with van der Waals surface area (Å²) in [4.78, 5) is 24.2. The van der Waals surface area contributed by atoms with E-state index in [-0.39, 0.29) is 23.0 Å². The van der Waals surface area contributed by atoms with Gasteiger partial charge >= 0.3 is 0 Å². The maximum Gasteiger partial charge on any atom is 0.190 e. The first-order valence-corrected chi connectivity index (χ1v) is 9.71. The number of ketones is 2. The van der Waals surface area contributed by atoms with Crippen LogP contribution in [0.3, 0.4) is 0 Å². The molecule has 3 saturated carbocycles. The van der Waals surface area contributed by atoms with Crippen LogP contribution in [-0.2, 0) is 9.59 Å². The minimum absolute atomic E-state index is 0.0265. The van der Waals surface area contributed by atoms with Crippen molar-refractivity contribution in [3.8, 4) is 0 Å². The van der Waals surface area contributed by atoms with Gasteiger partial charge in [0.2, 0.25) is 0 Å². The van der Waals surface area contributed by atoms with E-state index in [4.69, 9.17) is 5.73 Å². The molecule has 3 unspecified atom stereocenters. The average molecular weight is 359 g/mol. The van der Waals surface area contributed by atoms with E-state index < -0.39 is 28.9 Å². The molecule has 0 aromatic rings. The van der Waals surface area contributed by atoms with Gasteiger partial charge in [0.15, 0.2) is 11.6 Å². The number of fused-ring (bicyclic) bond motifs is 5. The zero-order valence-electron chi connectivity index (χ0n) is 15.6. The number of hydrogen-bond acceptors (Lipinski definition) is 5. The Morgan fingerprint density at radius 2 is 1.92 bits per heavy atom. The lowest BCUT2D eigenvalue weighted by molar-refractivity contribution is -0.165. The van der Waals surface area contributed by atoms with E-state index in [1.165, 1.54) is 5.57 Å². The van der Waals surface area contributed by atoms with Crippen molar-refractivity contribution in [1.29, 1.82) is 0 Å². The number of aliphatic hydroxyl groups is 2. The SMILES string of the molecule is CC12C=CC(=O)C=C1CCC1(N)[C@@H]2CCC2(C)[C@H]1CC[C@]2(O)C(=O)CO. The summed E-state index contributed by atoms with van der Waals surface area (Å²) in [5.41, 5.74) is 5.45. The van der Waals surface area contributed by atoms with Crippen LogP contribution in [-0.4, -0.2) is 39.5 Å². The van der Waals surface area contributed by atoms with Gasteiger partial charge in [0, 0.05) is 16.4 Å². The van der Waals surface area contributed by atoms with Gasteiger partial charge in [-0.05, 0) is 62.5 Å². The highest BCUT2D eigenvalue weighted by Crippen LogP contribution is 2.67. The molecule has 0 aliphatic heterocycles. The van der Waals surface area contributed by atoms with E-state index in [2.05, 4.69) is 6.92 Å². The lowest BCUT2D eigenvalue weighted by Crippen LogP contribution is -2.68. The zero-order valence-corrected chi connectivity index (χ0v) is 15.6. The number of carbonyl (C=O) groups excluding carboxylic acids is 2. The molecule has 4 aliphatic rings. The normalized spacial score (nSPS) is 49.9. The first-order chi connectivity index (χ1) is 12.1. The standard InChI is InChI=1S/C21H29NO4/c1-18-7-4-14(24)11-13(18)3-9-20(22)15(18)5-8-19(2)16(20)6-10-21(19,26)17(25)12-23/h4,7,11,15-16,23,26H,3,5-6,8-10,12,22H2,1-2H3/t15-,16-,18?,19?,20?,21+/m1/s1. The van der Waals surface area contributed by atoms with Crippen LogP contribution in [0.2, 0.25) is 0 Å². The third kappa shape index (κ3) is 1.97. The summed E-state index contributed by atoms with van der Waals surface area (Å²) in [7, 11) is 0. The van der Waals surface area contributed by atoms with Gasteiger partial charge in [-0.2, -0.15) is 0 Å². The molecule has 142 valence electrons. The number of allylic oxidation sites excluding steroid dienone is 4. The molecule has 0 radical (unpaired) electrons. The van der Waals surface area contributed by atoms with Crippen molar-refractivity contribution in [2.75, 3.05) is 6.61 Å². The second-order valence-electron chi connectivity index (χ2n) is 9.34. The van der Waals surface area contributed by atoms with Crippen LogP contribution in [0.4, 0.5) is 0 Å². The lowest BCUT2D eigenvalue weighted by Gasteiger charge is -2.62. The molecule has 0 bridgehead atoms. The lowest BCUT2D eigenvalue weighted by atomic mass is 9.44. The van der Waals surface area contributed by atoms with E-state index in [1.54, 1.807) is 12.2 Å². The van der Waals surface area contributed by atoms with Crippen LogP contribution in [0, 0.1) is 22.7 Å². The average Bonchev–Trinajstić information content (AvgIpc) is 2.88. The Morgan fingerprint density at radius 1 is 1.23 bits per heavy atom. The Labute approximate surface area is 154 Å². The third-order valence-corrected chi connectivity index (χ3v) is 8.52. The second-order valence-corrected chi connectivity index (χ2v) is 9.34. The molecule has 26 heavy (non-hydrogen) atoms. The number of carbonyl (C=O) groups is 2. The zero-order chi connectivity index (χ0) is 19.0. The topological polar surface area (TPSA) is 101 Å². The van der Waals surface area contributed by atoms with E-state index >= 15 is 0 Å². The van der Waals surface area contributed by atoms with Gasteiger partial charge < -0.3 is 15.9 Å². The van der Waals surface area contributed by atoms with Gasteiger partial charge in [-0.15, -0.1) is 0 Å². The van der Waals surface area contributed by atoms with Gasteiger partial charge in [-0.25, -0.2) is 0 Å². The van der Waals surface area contributed by atoms with Crippen LogP contribution in [0.1, 0.15) is 52.4 Å². The van der Waals surface area contributed by atoms with E-state index in [0.29, 0.717) is 19.3 Å². The summed E-state index contributed by atoms with van der Waals surface area (Å²) in [6, 6.07) is 0. The van der Waals surface area contributed by atoms with Crippen LogP contribution < -0.4 is 5.73 Å². The monoisotopic (exact) mass is 359 g/mol. The molecule has 0 saturated heterocycles. The Hall–Kier alpha value is -1.30. The molecule has 0 spiro atoms. The Kier molecular flexibility index (Phi) is 3.73. The van der Waals surface area contributed by atoms with Gasteiger partial charge in [0.25, 0.3) is 0 Å². The van der Waals surface area contributed by atoms with Crippen molar-refractivity contribution in [1.82, 2.24) is 0 Å². The predicted octanol–water partition coefficient (Wildman–Crippen LogP) is 1.67. The fourth-order valence-corrected chi connectivity index (χ4v) is 7.01. The van der Waals surface area contributed by atoms with Crippen molar-refractivity contribution < 1.29 is 19.8 Å². The quantitative estimate of drug-likeness (QED) is 0.696. The summed E-state index contributed by atoms with van der Waals surface area (Å²) in [6.45, 7) is 3.53. The van der Waals surface area contributed by atoms with Crippen molar-refractivity contribution in [3.63, 3.8) is 0 Å². The highest BCUT2D eigenvalue weighted by molar-refractivity contribution is 6.01. The molecule has 0 heterocycles. The molecular weight excluding hydrogens is 330 g/mol. The molecule has 4 rings (SSSR count). The molecule has 4 aliphatic carbocycles. The molecule has 6 atom stereocenters. The maximum absolute atomic E-state index is 12.4. The van der Waals surface area contributed by atoms with E-state index in [9.17, 15) is 19.8 Å². The number of nitrogens with two attached hydrogens (primary N) is 1. The molecule has 5 nitrogen and oxygen atoms in total. The van der Waals surface area contributed by atoms with Gasteiger partial charge in [-0.3, -0.25) is 9.59 Å². The molecular formula is C21H29NO4. The van der Waals surface area contributed by atoms with Gasteiger partial charge in [-0.1, -0.05) is 25.5 Å². The van der Waals surface area contributed by atoms with Gasteiger partial charge in [0.05, 0.1) is 0 Å². The Bertz CT molecular complexity index is 742. The highest BCUT2D eigenvalue weighted by atomic mass is 16.3. The van der Waals surface area contributed by atoms with E-state index in [1.807, 2.05) is 13.0 Å². The minimum atomic E-state index is -1.49. The minimum Gasteiger partial charge on any atom is -0.388 e. The van der Waals surface area contributed by atoms with Crippen molar-refractivity contribution in [2.45, 2.75) is 63.5 Å². The third-order valence-electron chi connectivity index (χ3n) is 8.52. The van der Waals surface area contributed by atoms with Crippen LogP contribution in [0.25, 0.3) is 0 Å². The summed E-state index contributed by atoms with van der Waals surface area (Å²) in [5, 5.41) is 20.6. The summed E-state index contributed by atoms with van der Waals surface area (Å²) >= 11 is 0. The molecule has 0 aromatic carbocycles. The fourth-order valence-electron chi connectivity index (χ4n) is 7.01. The Balaban J connectivity index is 1.76. The summed E-state index contributed by atoms with van der Waals surface area (Å²) < 4.78 is 0. The van der Waals surface area contributed by atoms with E-state index in [0.717, 1.165) is 19.3 Å². The molecule has 5 heteroatoms. The first kappa shape index (κ1) is 18.1. The summed E-state index contributed by atoms with van der Waals surface area (Å²) in [6.07, 6.45) is 9.57. The molecule has 3 fully saturated rings. The molecule has 0 aromatic heterocycles. The largest absolute Gasteiger partial charge is 0.388 e. The highest BCUT2D eigenvalue weighted by Gasteiger charge is 2.69. The number of Topliss-reactive ketones (excluding diaryl/α,β-unsaturated/α-hetero) is 1. The van der Waals surface area contributed by atoms with Crippen LogP contribution in [0.5, 0.6) is 0 Å². The van der Waals surface area contributed by atoms with Crippen molar-refractivity contribution >= 4 is 11.6 Å². The fraction of sp³-hybridized carbons (Fsp3) is 0.714.